The van der Waals surface area contributed by atoms with Crippen molar-refractivity contribution >= 4 is 0 Å². The van der Waals surface area contributed by atoms with Gasteiger partial charge in [-0.25, -0.2) is 0 Å². The Morgan fingerprint density at radius 1 is 1.50 bits per heavy atom. The maximum absolute atomic E-state index is 5.54. The summed E-state index contributed by atoms with van der Waals surface area (Å²) in [6, 6.07) is 8.08. The van der Waals surface area contributed by atoms with E-state index in [1.54, 1.807) is 6.08 Å². The van der Waals surface area contributed by atoms with Gasteiger partial charge < -0.3 is 9.47 Å². The molecule has 0 radical (unpaired) electrons. The fourth-order valence-corrected chi connectivity index (χ4v) is 1.39. The smallest absolute Gasteiger partial charge is 0.123 e. The molecule has 1 aromatic rings. The zero-order chi connectivity index (χ0) is 9.80. The Morgan fingerprint density at radius 3 is 3.00 bits per heavy atom. The standard InChI is InChI=1S/C12H14O2/c1-2-7-13-12-6-4-3-5-10(12)8-11-9-14-11/h2-6,11H,1,7-9H2. The molecule has 1 saturated heterocycles. The van der Waals surface area contributed by atoms with E-state index in [2.05, 4.69) is 12.6 Å². The van der Waals surface area contributed by atoms with E-state index in [0.29, 0.717) is 12.7 Å². The SMILES string of the molecule is C=CCOc1ccccc1CC1CO1. The second-order valence-corrected chi connectivity index (χ2v) is 3.37. The first-order valence-electron chi connectivity index (χ1n) is 4.83. The maximum atomic E-state index is 5.54. The lowest BCUT2D eigenvalue weighted by Gasteiger charge is -2.08. The molecule has 1 aliphatic heterocycles. The van der Waals surface area contributed by atoms with Crippen LogP contribution >= 0.6 is 0 Å². The molecule has 0 spiro atoms. The van der Waals surface area contributed by atoms with Gasteiger partial charge in [0.2, 0.25) is 0 Å². The summed E-state index contributed by atoms with van der Waals surface area (Å²) in [5, 5.41) is 0. The van der Waals surface area contributed by atoms with Crippen LogP contribution in [0.25, 0.3) is 0 Å². The quantitative estimate of drug-likeness (QED) is 0.524. The summed E-state index contributed by atoms with van der Waals surface area (Å²) in [5.41, 5.74) is 1.22. The van der Waals surface area contributed by atoms with Crippen LogP contribution in [0.5, 0.6) is 5.75 Å². The molecular formula is C12H14O2. The first-order chi connectivity index (χ1) is 6.90. The molecule has 1 atom stereocenters. The molecule has 0 aromatic heterocycles. The minimum atomic E-state index is 0.406. The van der Waals surface area contributed by atoms with Crippen LogP contribution in [0.1, 0.15) is 5.56 Å². The van der Waals surface area contributed by atoms with Gasteiger partial charge in [-0.3, -0.25) is 0 Å². The molecule has 0 N–H and O–H groups in total. The lowest BCUT2D eigenvalue weighted by Crippen LogP contribution is -2.00. The van der Waals surface area contributed by atoms with Gasteiger partial charge in [-0.2, -0.15) is 0 Å². The molecule has 0 aliphatic carbocycles. The number of para-hydroxylation sites is 1. The van der Waals surface area contributed by atoms with E-state index in [0.717, 1.165) is 18.8 Å². The minimum absolute atomic E-state index is 0.406. The molecule has 1 aliphatic rings. The number of hydrogen-bond acceptors (Lipinski definition) is 2. The van der Waals surface area contributed by atoms with Crippen LogP contribution in [0.4, 0.5) is 0 Å². The average Bonchev–Trinajstić information content (AvgIpc) is 3.01. The summed E-state index contributed by atoms with van der Waals surface area (Å²) in [5.74, 6) is 0.947. The molecule has 0 saturated carbocycles. The first kappa shape index (κ1) is 9.28. The van der Waals surface area contributed by atoms with E-state index in [9.17, 15) is 0 Å². The second-order valence-electron chi connectivity index (χ2n) is 3.37. The molecule has 0 amide bonds. The summed E-state index contributed by atoms with van der Waals surface area (Å²) in [4.78, 5) is 0. The molecule has 14 heavy (non-hydrogen) atoms. The van der Waals surface area contributed by atoms with Crippen LogP contribution in [0, 0.1) is 0 Å². The number of epoxide rings is 1. The normalized spacial score (nSPS) is 19.0. The zero-order valence-electron chi connectivity index (χ0n) is 8.11. The average molecular weight is 190 g/mol. The predicted octanol–water partition coefficient (Wildman–Crippen LogP) is 2.19. The third-order valence-electron chi connectivity index (χ3n) is 2.18. The zero-order valence-corrected chi connectivity index (χ0v) is 8.11. The van der Waals surface area contributed by atoms with E-state index >= 15 is 0 Å². The van der Waals surface area contributed by atoms with Crippen molar-refractivity contribution in [1.29, 1.82) is 0 Å². The third-order valence-corrected chi connectivity index (χ3v) is 2.18. The Kier molecular flexibility index (Phi) is 2.84. The van der Waals surface area contributed by atoms with Crippen molar-refractivity contribution in [2.24, 2.45) is 0 Å². The number of hydrogen-bond donors (Lipinski definition) is 0. The highest BCUT2D eigenvalue weighted by Crippen LogP contribution is 2.24. The highest BCUT2D eigenvalue weighted by Gasteiger charge is 2.23. The van der Waals surface area contributed by atoms with E-state index in [4.69, 9.17) is 9.47 Å². The number of rotatable bonds is 5. The van der Waals surface area contributed by atoms with Gasteiger partial charge in [0, 0.05) is 6.42 Å². The molecular weight excluding hydrogens is 176 g/mol. The molecule has 1 aromatic carbocycles. The van der Waals surface area contributed by atoms with Gasteiger partial charge in [0.15, 0.2) is 0 Å². The van der Waals surface area contributed by atoms with Gasteiger partial charge in [-0.1, -0.05) is 30.9 Å². The summed E-state index contributed by atoms with van der Waals surface area (Å²) in [6.45, 7) is 5.07. The Labute approximate surface area is 84.2 Å². The van der Waals surface area contributed by atoms with Crippen molar-refractivity contribution in [1.82, 2.24) is 0 Å². The van der Waals surface area contributed by atoms with Crippen LogP contribution in [-0.4, -0.2) is 19.3 Å². The Balaban J connectivity index is 2.05. The molecule has 0 bridgehead atoms. The molecule has 1 heterocycles. The van der Waals surface area contributed by atoms with E-state index < -0.39 is 0 Å². The van der Waals surface area contributed by atoms with E-state index in [1.807, 2.05) is 18.2 Å². The van der Waals surface area contributed by atoms with Gasteiger partial charge in [0.05, 0.1) is 12.7 Å². The molecule has 74 valence electrons. The number of benzene rings is 1. The van der Waals surface area contributed by atoms with Crippen LogP contribution in [0.15, 0.2) is 36.9 Å². The molecule has 1 fully saturated rings. The maximum Gasteiger partial charge on any atom is 0.123 e. The second kappa shape index (κ2) is 4.29. The molecule has 2 rings (SSSR count). The summed E-state index contributed by atoms with van der Waals surface area (Å²) in [7, 11) is 0. The van der Waals surface area contributed by atoms with E-state index in [-0.39, 0.29) is 0 Å². The van der Waals surface area contributed by atoms with Crippen molar-refractivity contribution < 1.29 is 9.47 Å². The van der Waals surface area contributed by atoms with Crippen molar-refractivity contribution in [2.45, 2.75) is 12.5 Å². The monoisotopic (exact) mass is 190 g/mol. The van der Waals surface area contributed by atoms with Gasteiger partial charge in [0.25, 0.3) is 0 Å². The van der Waals surface area contributed by atoms with Crippen LogP contribution in [0.3, 0.4) is 0 Å². The third kappa shape index (κ3) is 2.36. The lowest BCUT2D eigenvalue weighted by atomic mass is 10.1. The van der Waals surface area contributed by atoms with Crippen molar-refractivity contribution in [3.63, 3.8) is 0 Å². The van der Waals surface area contributed by atoms with Gasteiger partial charge in [-0.15, -0.1) is 0 Å². The van der Waals surface area contributed by atoms with Crippen molar-refractivity contribution in [3.8, 4) is 5.75 Å². The van der Waals surface area contributed by atoms with Crippen molar-refractivity contribution in [2.75, 3.05) is 13.2 Å². The van der Waals surface area contributed by atoms with Gasteiger partial charge in [0.1, 0.15) is 12.4 Å². The lowest BCUT2D eigenvalue weighted by molar-refractivity contribution is 0.354. The minimum Gasteiger partial charge on any atom is -0.489 e. The first-order valence-corrected chi connectivity index (χ1v) is 4.83. The highest BCUT2D eigenvalue weighted by atomic mass is 16.6. The van der Waals surface area contributed by atoms with Crippen LogP contribution in [-0.2, 0) is 11.2 Å². The largest absolute Gasteiger partial charge is 0.489 e. The highest BCUT2D eigenvalue weighted by molar-refractivity contribution is 5.34. The topological polar surface area (TPSA) is 21.8 Å². The molecule has 1 unspecified atom stereocenters. The Morgan fingerprint density at radius 2 is 2.29 bits per heavy atom. The van der Waals surface area contributed by atoms with Crippen LogP contribution in [0.2, 0.25) is 0 Å². The van der Waals surface area contributed by atoms with Crippen LogP contribution < -0.4 is 4.74 Å². The van der Waals surface area contributed by atoms with Gasteiger partial charge in [-0.05, 0) is 11.6 Å². The van der Waals surface area contributed by atoms with Crippen molar-refractivity contribution in [3.05, 3.63) is 42.5 Å². The fraction of sp³-hybridized carbons (Fsp3) is 0.333. The summed E-state index contributed by atoms with van der Waals surface area (Å²) >= 11 is 0. The van der Waals surface area contributed by atoms with Gasteiger partial charge >= 0.3 is 0 Å². The number of ether oxygens (including phenoxy) is 2. The molecule has 2 heteroatoms. The molecule has 2 nitrogen and oxygen atoms in total. The Bertz CT molecular complexity index is 316. The summed E-state index contributed by atoms with van der Waals surface area (Å²) in [6.07, 6.45) is 3.11. The predicted molar refractivity (Wildman–Crippen MR) is 55.6 cm³/mol. The summed E-state index contributed by atoms with van der Waals surface area (Å²) < 4.78 is 10.7. The fourth-order valence-electron chi connectivity index (χ4n) is 1.39. The Hall–Kier alpha value is -1.28. The van der Waals surface area contributed by atoms with E-state index in [1.165, 1.54) is 5.56 Å².